The number of hydrogen-bond acceptors (Lipinski definition) is 5. The summed E-state index contributed by atoms with van der Waals surface area (Å²) in [6.07, 6.45) is 0.268. The van der Waals surface area contributed by atoms with E-state index in [0.717, 1.165) is 0 Å². The van der Waals surface area contributed by atoms with E-state index in [1.807, 2.05) is 0 Å². The number of carbonyl (C=O) groups is 1. The summed E-state index contributed by atoms with van der Waals surface area (Å²) in [5, 5.41) is 11.0. The SMILES string of the molecule is O=C(OCCOc1ccc(Cl)cc1)C1CC1[N+](=O)[O-]. The van der Waals surface area contributed by atoms with Crippen molar-refractivity contribution in [2.45, 2.75) is 12.5 Å². The average molecular weight is 286 g/mol. The van der Waals surface area contributed by atoms with Crippen LogP contribution in [-0.2, 0) is 9.53 Å². The van der Waals surface area contributed by atoms with Gasteiger partial charge < -0.3 is 9.47 Å². The van der Waals surface area contributed by atoms with Crippen LogP contribution in [0.5, 0.6) is 5.75 Å². The van der Waals surface area contributed by atoms with Crippen LogP contribution in [0.25, 0.3) is 0 Å². The molecule has 2 rings (SSSR count). The summed E-state index contributed by atoms with van der Waals surface area (Å²) in [6, 6.07) is 6.01. The van der Waals surface area contributed by atoms with E-state index in [1.54, 1.807) is 24.3 Å². The molecule has 1 aliphatic carbocycles. The van der Waals surface area contributed by atoms with Gasteiger partial charge in [0.05, 0.1) is 0 Å². The smallest absolute Gasteiger partial charge is 0.316 e. The minimum atomic E-state index is -0.773. The molecule has 6 nitrogen and oxygen atoms in total. The third-order valence-corrected chi connectivity index (χ3v) is 2.99. The molecule has 0 spiro atoms. The molecular weight excluding hydrogens is 274 g/mol. The van der Waals surface area contributed by atoms with Gasteiger partial charge in [0.2, 0.25) is 6.04 Å². The molecule has 19 heavy (non-hydrogen) atoms. The van der Waals surface area contributed by atoms with Crippen molar-refractivity contribution in [1.29, 1.82) is 0 Å². The van der Waals surface area contributed by atoms with Crippen molar-refractivity contribution in [2.24, 2.45) is 5.92 Å². The van der Waals surface area contributed by atoms with E-state index in [-0.39, 0.29) is 19.6 Å². The second-order valence-electron chi connectivity index (χ2n) is 4.16. The van der Waals surface area contributed by atoms with Crippen LogP contribution in [0.3, 0.4) is 0 Å². The molecule has 0 saturated heterocycles. The fraction of sp³-hybridized carbons (Fsp3) is 0.417. The standard InChI is InChI=1S/C12H12ClNO5/c13-8-1-3-9(4-2-8)18-5-6-19-12(15)10-7-11(10)14(16)17/h1-4,10-11H,5-7H2. The van der Waals surface area contributed by atoms with Crippen molar-refractivity contribution >= 4 is 17.6 Å². The van der Waals surface area contributed by atoms with Gasteiger partial charge in [-0.15, -0.1) is 0 Å². The fourth-order valence-corrected chi connectivity index (χ4v) is 1.73. The predicted molar refractivity (Wildman–Crippen MR) is 66.8 cm³/mol. The van der Waals surface area contributed by atoms with Crippen molar-refractivity contribution < 1.29 is 19.2 Å². The van der Waals surface area contributed by atoms with Crippen LogP contribution in [0.4, 0.5) is 0 Å². The minimum Gasteiger partial charge on any atom is -0.490 e. The molecule has 1 fully saturated rings. The largest absolute Gasteiger partial charge is 0.490 e. The fourth-order valence-electron chi connectivity index (χ4n) is 1.61. The van der Waals surface area contributed by atoms with Gasteiger partial charge in [-0.2, -0.15) is 0 Å². The second kappa shape index (κ2) is 5.88. The molecule has 0 aromatic heterocycles. The Labute approximate surface area is 114 Å². The Morgan fingerprint density at radius 2 is 2.05 bits per heavy atom. The molecule has 0 heterocycles. The number of nitro groups is 1. The first-order valence-corrected chi connectivity index (χ1v) is 6.14. The highest BCUT2D eigenvalue weighted by Gasteiger charge is 2.54. The maximum atomic E-state index is 11.4. The molecule has 1 aromatic rings. The lowest BCUT2D eigenvalue weighted by atomic mass is 10.3. The predicted octanol–water partition coefficient (Wildman–Crippen LogP) is 1.93. The Morgan fingerprint density at radius 3 is 2.63 bits per heavy atom. The van der Waals surface area contributed by atoms with Crippen molar-refractivity contribution in [3.05, 3.63) is 39.4 Å². The number of esters is 1. The Balaban J connectivity index is 1.63. The molecule has 0 radical (unpaired) electrons. The van der Waals surface area contributed by atoms with Crippen LogP contribution >= 0.6 is 11.6 Å². The zero-order valence-electron chi connectivity index (χ0n) is 9.95. The number of hydrogen-bond donors (Lipinski definition) is 0. The first-order valence-electron chi connectivity index (χ1n) is 5.76. The Morgan fingerprint density at radius 1 is 1.37 bits per heavy atom. The lowest BCUT2D eigenvalue weighted by Gasteiger charge is -2.06. The highest BCUT2D eigenvalue weighted by Crippen LogP contribution is 2.33. The highest BCUT2D eigenvalue weighted by atomic mass is 35.5. The van der Waals surface area contributed by atoms with Crippen molar-refractivity contribution in [2.75, 3.05) is 13.2 Å². The molecule has 2 atom stereocenters. The second-order valence-corrected chi connectivity index (χ2v) is 4.60. The summed E-state index contributed by atoms with van der Waals surface area (Å²) >= 11 is 5.72. The number of halogens is 1. The number of benzene rings is 1. The van der Waals surface area contributed by atoms with Gasteiger partial charge in [-0.05, 0) is 24.3 Å². The van der Waals surface area contributed by atoms with Gasteiger partial charge in [0, 0.05) is 16.4 Å². The van der Waals surface area contributed by atoms with E-state index in [1.165, 1.54) is 0 Å². The van der Waals surface area contributed by atoms with Gasteiger partial charge in [-0.3, -0.25) is 14.9 Å². The maximum absolute atomic E-state index is 11.4. The van der Waals surface area contributed by atoms with Gasteiger partial charge in [-0.1, -0.05) is 11.6 Å². The maximum Gasteiger partial charge on any atom is 0.316 e. The number of rotatable bonds is 6. The summed E-state index contributed by atoms with van der Waals surface area (Å²) in [6.45, 7) is 0.269. The van der Waals surface area contributed by atoms with Crippen LogP contribution in [0.2, 0.25) is 5.02 Å². The molecule has 0 aliphatic heterocycles. The van der Waals surface area contributed by atoms with Crippen molar-refractivity contribution in [3.8, 4) is 5.75 Å². The van der Waals surface area contributed by atoms with E-state index >= 15 is 0 Å². The molecule has 0 N–H and O–H groups in total. The lowest BCUT2D eigenvalue weighted by molar-refractivity contribution is -0.497. The molecule has 1 aromatic carbocycles. The lowest BCUT2D eigenvalue weighted by Crippen LogP contribution is -2.17. The summed E-state index contributed by atoms with van der Waals surface area (Å²) < 4.78 is 10.2. The monoisotopic (exact) mass is 285 g/mol. The number of ether oxygens (including phenoxy) is 2. The zero-order chi connectivity index (χ0) is 13.8. The summed E-state index contributed by atoms with van der Waals surface area (Å²) in [4.78, 5) is 21.3. The average Bonchev–Trinajstić information content (AvgIpc) is 3.17. The molecular formula is C12H12ClNO5. The minimum absolute atomic E-state index is 0.0718. The molecule has 0 bridgehead atoms. The third-order valence-electron chi connectivity index (χ3n) is 2.74. The summed E-state index contributed by atoms with van der Waals surface area (Å²) in [5.74, 6) is -0.498. The molecule has 1 aliphatic rings. The zero-order valence-corrected chi connectivity index (χ0v) is 10.7. The highest BCUT2D eigenvalue weighted by molar-refractivity contribution is 6.30. The first-order chi connectivity index (χ1) is 9.08. The van der Waals surface area contributed by atoms with Gasteiger partial charge >= 0.3 is 5.97 Å². The Bertz CT molecular complexity index is 476. The normalized spacial score (nSPS) is 20.7. The van der Waals surface area contributed by atoms with E-state index < -0.39 is 22.9 Å². The molecule has 102 valence electrons. The van der Waals surface area contributed by atoms with Crippen molar-refractivity contribution in [3.63, 3.8) is 0 Å². The van der Waals surface area contributed by atoms with E-state index in [4.69, 9.17) is 21.1 Å². The van der Waals surface area contributed by atoms with Crippen LogP contribution in [0, 0.1) is 16.0 Å². The van der Waals surface area contributed by atoms with Gasteiger partial charge in [0.25, 0.3) is 0 Å². The third kappa shape index (κ3) is 3.82. The van der Waals surface area contributed by atoms with Crippen LogP contribution in [0.15, 0.2) is 24.3 Å². The van der Waals surface area contributed by atoms with Crippen LogP contribution in [0.1, 0.15) is 6.42 Å². The quantitative estimate of drug-likeness (QED) is 0.345. The molecule has 7 heteroatoms. The Hall–Kier alpha value is -1.82. The van der Waals surface area contributed by atoms with Crippen molar-refractivity contribution in [1.82, 2.24) is 0 Å². The van der Waals surface area contributed by atoms with E-state index in [2.05, 4.69) is 0 Å². The number of nitrogens with zero attached hydrogens (tertiary/aromatic N) is 1. The molecule has 1 saturated carbocycles. The molecule has 0 amide bonds. The van der Waals surface area contributed by atoms with Crippen LogP contribution in [-0.4, -0.2) is 30.1 Å². The topological polar surface area (TPSA) is 78.7 Å². The Kier molecular flexibility index (Phi) is 4.21. The van der Waals surface area contributed by atoms with E-state index in [0.29, 0.717) is 10.8 Å². The van der Waals surface area contributed by atoms with Crippen LogP contribution < -0.4 is 4.74 Å². The first kappa shape index (κ1) is 13.6. The van der Waals surface area contributed by atoms with E-state index in [9.17, 15) is 14.9 Å². The molecule has 2 unspecified atom stereocenters. The van der Waals surface area contributed by atoms with Gasteiger partial charge in [-0.25, -0.2) is 0 Å². The van der Waals surface area contributed by atoms with Gasteiger partial charge in [0.1, 0.15) is 24.9 Å². The van der Waals surface area contributed by atoms with Gasteiger partial charge in [0.15, 0.2) is 0 Å². The summed E-state index contributed by atoms with van der Waals surface area (Å²) in [5.41, 5.74) is 0. The number of carbonyl (C=O) groups excluding carboxylic acids is 1. The summed E-state index contributed by atoms with van der Waals surface area (Å²) in [7, 11) is 0.